The van der Waals surface area contributed by atoms with Crippen LogP contribution in [0.1, 0.15) is 50.9 Å². The van der Waals surface area contributed by atoms with Gasteiger partial charge in [-0.1, -0.05) is 0 Å². The molecule has 0 bridgehead atoms. The lowest BCUT2D eigenvalue weighted by atomic mass is 10.0. The predicted octanol–water partition coefficient (Wildman–Crippen LogP) is 4.59. The molecule has 0 unspecified atom stereocenters. The molecule has 2 aromatic heterocycles. The van der Waals surface area contributed by atoms with E-state index < -0.39 is 11.9 Å². The minimum atomic E-state index is -4.48. The van der Waals surface area contributed by atoms with Crippen LogP contribution in [0.4, 0.5) is 13.2 Å². The van der Waals surface area contributed by atoms with Crippen molar-refractivity contribution in [2.45, 2.75) is 44.7 Å². The first-order valence-corrected chi connectivity index (χ1v) is 10.7. The molecule has 1 aromatic carbocycles. The van der Waals surface area contributed by atoms with Crippen LogP contribution in [-0.2, 0) is 25.4 Å². The maximum atomic E-state index is 12.7. The molecule has 5 nitrogen and oxygen atoms in total. The molecule has 0 saturated carbocycles. The predicted molar refractivity (Wildman–Crippen MR) is 108 cm³/mol. The summed E-state index contributed by atoms with van der Waals surface area (Å²) in [6.45, 7) is 0.541. The third-order valence-corrected chi connectivity index (χ3v) is 6.23. The topological polar surface area (TPSA) is 59.8 Å². The van der Waals surface area contributed by atoms with Crippen LogP contribution in [0.5, 0.6) is 0 Å². The monoisotopic (exact) mass is 434 g/mol. The fraction of sp³-hybridized carbons (Fsp3) is 0.381. The summed E-state index contributed by atoms with van der Waals surface area (Å²) in [5.41, 5.74) is 1.21. The fourth-order valence-corrected chi connectivity index (χ4v) is 4.64. The second-order valence-electron chi connectivity index (χ2n) is 7.23. The van der Waals surface area contributed by atoms with Crippen molar-refractivity contribution in [3.63, 3.8) is 0 Å². The molecule has 1 N–H and O–H groups in total. The van der Waals surface area contributed by atoms with Gasteiger partial charge in [0.05, 0.1) is 16.4 Å². The van der Waals surface area contributed by atoms with Crippen LogP contribution in [0.3, 0.4) is 0 Å². The van der Waals surface area contributed by atoms with Crippen molar-refractivity contribution in [1.29, 1.82) is 0 Å². The highest BCUT2D eigenvalue weighted by Crippen LogP contribution is 2.28. The van der Waals surface area contributed by atoms with E-state index in [2.05, 4.69) is 10.4 Å². The summed E-state index contributed by atoms with van der Waals surface area (Å²) < 4.78 is 39.1. The Morgan fingerprint density at radius 3 is 2.60 bits per heavy atom. The van der Waals surface area contributed by atoms with Crippen LogP contribution < -0.4 is 5.32 Å². The number of carbonyl (C=O) groups is 1. The van der Waals surface area contributed by atoms with Crippen molar-refractivity contribution in [2.24, 2.45) is 0 Å². The van der Waals surface area contributed by atoms with Crippen molar-refractivity contribution < 1.29 is 18.0 Å². The van der Waals surface area contributed by atoms with Crippen molar-refractivity contribution in [3.8, 4) is 5.69 Å². The molecular weight excluding hydrogens is 413 g/mol. The first kappa shape index (κ1) is 20.6. The maximum Gasteiger partial charge on any atom is 0.435 e. The first-order chi connectivity index (χ1) is 14.4. The van der Waals surface area contributed by atoms with E-state index in [-0.39, 0.29) is 5.91 Å². The fourth-order valence-electron chi connectivity index (χ4n) is 3.44. The zero-order valence-electron chi connectivity index (χ0n) is 16.2. The normalized spacial score (nSPS) is 13.8. The molecule has 0 atom stereocenters. The van der Waals surface area contributed by atoms with E-state index in [0.717, 1.165) is 41.4 Å². The molecule has 2 heterocycles. The molecule has 30 heavy (non-hydrogen) atoms. The molecule has 4 rings (SSSR count). The van der Waals surface area contributed by atoms with Crippen molar-refractivity contribution in [2.75, 3.05) is 6.54 Å². The Balaban J connectivity index is 1.27. The minimum Gasteiger partial charge on any atom is -0.352 e. The van der Waals surface area contributed by atoms with Crippen molar-refractivity contribution in [3.05, 3.63) is 63.4 Å². The number of rotatable bonds is 6. The first-order valence-electron chi connectivity index (χ1n) is 9.89. The molecule has 0 fully saturated rings. The van der Waals surface area contributed by atoms with E-state index in [0.29, 0.717) is 17.8 Å². The zero-order valence-corrected chi connectivity index (χ0v) is 17.0. The molecule has 3 aromatic rings. The molecule has 0 radical (unpaired) electrons. The third-order valence-electron chi connectivity index (χ3n) is 5.02. The summed E-state index contributed by atoms with van der Waals surface area (Å²) in [6.07, 6.45) is 3.09. The van der Waals surface area contributed by atoms with Gasteiger partial charge in [-0.05, 0) is 62.4 Å². The zero-order chi connectivity index (χ0) is 21.1. The number of hydrogen-bond acceptors (Lipinski definition) is 4. The average molecular weight is 434 g/mol. The van der Waals surface area contributed by atoms with E-state index in [1.165, 1.54) is 29.6 Å². The summed E-state index contributed by atoms with van der Waals surface area (Å²) in [7, 11) is 0. The van der Waals surface area contributed by atoms with E-state index in [1.807, 2.05) is 0 Å². The Kier molecular flexibility index (Phi) is 5.90. The van der Waals surface area contributed by atoms with E-state index in [9.17, 15) is 18.0 Å². The van der Waals surface area contributed by atoms with Gasteiger partial charge in [0.25, 0.3) is 5.91 Å². The minimum absolute atomic E-state index is 0.212. The lowest BCUT2D eigenvalue weighted by molar-refractivity contribution is -0.141. The number of thiazole rings is 1. The van der Waals surface area contributed by atoms with Crippen LogP contribution in [0.2, 0.25) is 0 Å². The quantitative estimate of drug-likeness (QED) is 0.578. The Bertz CT molecular complexity index is 1000. The number of nitrogens with one attached hydrogen (secondary N) is 1. The molecule has 1 amide bonds. The van der Waals surface area contributed by atoms with Gasteiger partial charge in [0.2, 0.25) is 0 Å². The standard InChI is InChI=1S/C21H21F3N4OS/c22-21(23,24)18-11-13-28(27-18)15-9-7-14(8-10-15)20(29)25-12-3-6-19-26-16-4-1-2-5-17(16)30-19/h7-11,13H,1-6,12H2,(H,25,29). The Labute approximate surface area is 175 Å². The van der Waals surface area contributed by atoms with Gasteiger partial charge in [0.15, 0.2) is 5.69 Å². The summed E-state index contributed by atoms with van der Waals surface area (Å²) in [6, 6.07) is 7.22. The number of hydrogen-bond donors (Lipinski definition) is 1. The summed E-state index contributed by atoms with van der Waals surface area (Å²) in [5, 5.41) is 7.54. The number of halogens is 3. The largest absolute Gasteiger partial charge is 0.435 e. The lowest BCUT2D eigenvalue weighted by Crippen LogP contribution is -2.24. The van der Waals surface area contributed by atoms with Crippen LogP contribution >= 0.6 is 11.3 Å². The van der Waals surface area contributed by atoms with Gasteiger partial charge in [-0.3, -0.25) is 4.79 Å². The number of carbonyl (C=O) groups excluding carboxylic acids is 1. The van der Waals surface area contributed by atoms with E-state index in [1.54, 1.807) is 35.6 Å². The highest BCUT2D eigenvalue weighted by Gasteiger charge is 2.33. The summed E-state index contributed by atoms with van der Waals surface area (Å²) in [5.74, 6) is -0.212. The number of nitrogens with zero attached hydrogens (tertiary/aromatic N) is 3. The SMILES string of the molecule is O=C(NCCCc1nc2c(s1)CCCC2)c1ccc(-n2ccc(C(F)(F)F)n2)cc1. The highest BCUT2D eigenvalue weighted by molar-refractivity contribution is 7.11. The Hall–Kier alpha value is -2.68. The molecule has 0 aliphatic heterocycles. The van der Waals surface area contributed by atoms with Crippen molar-refractivity contribution >= 4 is 17.2 Å². The van der Waals surface area contributed by atoms with Gasteiger partial charge in [0.1, 0.15) is 0 Å². The van der Waals surface area contributed by atoms with E-state index >= 15 is 0 Å². The van der Waals surface area contributed by atoms with Crippen LogP contribution in [0.25, 0.3) is 5.69 Å². The second kappa shape index (κ2) is 8.59. The number of benzene rings is 1. The molecular formula is C21H21F3N4OS. The molecule has 0 spiro atoms. The second-order valence-corrected chi connectivity index (χ2v) is 8.40. The third kappa shape index (κ3) is 4.72. The van der Waals surface area contributed by atoms with Gasteiger partial charge < -0.3 is 5.32 Å². The number of fused-ring (bicyclic) bond motifs is 1. The molecule has 1 aliphatic rings. The van der Waals surface area contributed by atoms with Gasteiger partial charge in [-0.15, -0.1) is 11.3 Å². The average Bonchev–Trinajstić information content (AvgIpc) is 3.38. The Morgan fingerprint density at radius 2 is 1.90 bits per heavy atom. The van der Waals surface area contributed by atoms with Gasteiger partial charge in [-0.2, -0.15) is 18.3 Å². The van der Waals surface area contributed by atoms with Crippen molar-refractivity contribution in [1.82, 2.24) is 20.1 Å². The van der Waals surface area contributed by atoms with Gasteiger partial charge in [0, 0.05) is 29.6 Å². The smallest absolute Gasteiger partial charge is 0.352 e. The summed E-state index contributed by atoms with van der Waals surface area (Å²) in [4.78, 5) is 18.4. The number of amides is 1. The van der Waals surface area contributed by atoms with Gasteiger partial charge >= 0.3 is 6.18 Å². The maximum absolute atomic E-state index is 12.7. The molecule has 0 saturated heterocycles. The lowest BCUT2D eigenvalue weighted by Gasteiger charge is -2.07. The van der Waals surface area contributed by atoms with Crippen LogP contribution in [-0.4, -0.2) is 27.2 Å². The van der Waals surface area contributed by atoms with Crippen LogP contribution in [0, 0.1) is 0 Å². The van der Waals surface area contributed by atoms with Crippen LogP contribution in [0.15, 0.2) is 36.5 Å². The molecule has 158 valence electrons. The number of aryl methyl sites for hydroxylation is 3. The summed E-state index contributed by atoms with van der Waals surface area (Å²) >= 11 is 1.79. The van der Waals surface area contributed by atoms with Gasteiger partial charge in [-0.25, -0.2) is 9.67 Å². The molecule has 1 aliphatic carbocycles. The van der Waals surface area contributed by atoms with E-state index in [4.69, 9.17) is 4.98 Å². The Morgan fingerprint density at radius 1 is 1.13 bits per heavy atom. The highest BCUT2D eigenvalue weighted by atomic mass is 32.1. The number of aromatic nitrogens is 3. The number of alkyl halides is 3. The molecule has 9 heteroatoms.